The standard InChI is InChI=1S/C13H26Cl/c1-2-3-4-5-6-7-8-9-10-11-12-13-14/h13H,2-12H2,1H3. The lowest BCUT2D eigenvalue weighted by Crippen LogP contribution is -1.81. The third kappa shape index (κ3) is 12.3. The van der Waals surface area contributed by atoms with Gasteiger partial charge in [-0.3, -0.25) is 0 Å². The Labute approximate surface area is 95.4 Å². The summed E-state index contributed by atoms with van der Waals surface area (Å²) < 4.78 is 0. The summed E-state index contributed by atoms with van der Waals surface area (Å²) in [6, 6.07) is 0. The van der Waals surface area contributed by atoms with E-state index in [-0.39, 0.29) is 0 Å². The van der Waals surface area contributed by atoms with Gasteiger partial charge in [0, 0.05) is 5.88 Å². The smallest absolute Gasteiger partial charge is 0.0499 e. The Balaban J connectivity index is 2.78. The largest absolute Gasteiger partial charge is 0.121 e. The highest BCUT2D eigenvalue weighted by Crippen LogP contribution is 2.11. The average molecular weight is 218 g/mol. The van der Waals surface area contributed by atoms with E-state index in [0.29, 0.717) is 0 Å². The summed E-state index contributed by atoms with van der Waals surface area (Å²) in [5.74, 6) is 1.75. The Morgan fingerprint density at radius 1 is 0.714 bits per heavy atom. The zero-order valence-corrected chi connectivity index (χ0v) is 10.5. The van der Waals surface area contributed by atoms with Crippen molar-refractivity contribution in [2.75, 3.05) is 0 Å². The normalized spacial score (nSPS) is 10.7. The first kappa shape index (κ1) is 14.3. The summed E-state index contributed by atoms with van der Waals surface area (Å²) in [7, 11) is 0. The fourth-order valence-corrected chi connectivity index (χ4v) is 1.86. The molecule has 0 aliphatic heterocycles. The number of hydrogen-bond acceptors (Lipinski definition) is 0. The summed E-state index contributed by atoms with van der Waals surface area (Å²) in [4.78, 5) is 0. The Morgan fingerprint density at radius 3 is 1.57 bits per heavy atom. The van der Waals surface area contributed by atoms with Crippen LogP contribution in [-0.2, 0) is 0 Å². The van der Waals surface area contributed by atoms with E-state index in [9.17, 15) is 0 Å². The molecule has 1 radical (unpaired) electrons. The molecule has 85 valence electrons. The number of unbranched alkanes of at least 4 members (excludes halogenated alkanes) is 10. The maximum absolute atomic E-state index is 5.49. The molecule has 0 amide bonds. The minimum absolute atomic E-state index is 1.08. The fraction of sp³-hybridized carbons (Fsp3) is 0.923. The number of rotatable bonds is 11. The van der Waals surface area contributed by atoms with E-state index in [1.807, 2.05) is 0 Å². The monoisotopic (exact) mass is 217 g/mol. The van der Waals surface area contributed by atoms with Crippen molar-refractivity contribution >= 4 is 11.6 Å². The Hall–Kier alpha value is 0.290. The van der Waals surface area contributed by atoms with Crippen molar-refractivity contribution in [2.24, 2.45) is 0 Å². The molecule has 0 atom stereocenters. The molecule has 0 aliphatic carbocycles. The molecule has 0 nitrogen and oxygen atoms in total. The molecular formula is C13H26Cl. The molecule has 0 spiro atoms. The second-order valence-corrected chi connectivity index (χ2v) is 4.43. The van der Waals surface area contributed by atoms with Crippen molar-refractivity contribution in [2.45, 2.75) is 77.6 Å². The lowest BCUT2D eigenvalue weighted by atomic mass is 10.1. The molecule has 0 aromatic heterocycles. The second-order valence-electron chi connectivity index (χ2n) is 4.12. The predicted molar refractivity (Wildman–Crippen MR) is 66.6 cm³/mol. The zero-order chi connectivity index (χ0) is 10.5. The van der Waals surface area contributed by atoms with E-state index >= 15 is 0 Å². The first-order valence-corrected chi connectivity index (χ1v) is 6.77. The van der Waals surface area contributed by atoms with Gasteiger partial charge in [-0.15, -0.1) is 11.6 Å². The van der Waals surface area contributed by atoms with Crippen LogP contribution in [0.25, 0.3) is 0 Å². The van der Waals surface area contributed by atoms with Crippen molar-refractivity contribution in [3.8, 4) is 0 Å². The molecule has 1 heteroatoms. The summed E-state index contributed by atoms with van der Waals surface area (Å²) in [5, 5.41) is 0. The predicted octanol–water partition coefficient (Wildman–Crippen LogP) is 5.70. The third-order valence-corrected chi connectivity index (χ3v) is 2.89. The van der Waals surface area contributed by atoms with E-state index in [4.69, 9.17) is 11.6 Å². The highest BCUT2D eigenvalue weighted by atomic mass is 35.5. The Bertz CT molecular complexity index is 79.2. The molecule has 0 unspecified atom stereocenters. The van der Waals surface area contributed by atoms with Gasteiger partial charge in [0.1, 0.15) is 0 Å². The number of halogens is 1. The quantitative estimate of drug-likeness (QED) is 0.390. The van der Waals surface area contributed by atoms with Gasteiger partial charge in [0.15, 0.2) is 0 Å². The highest BCUT2D eigenvalue weighted by Gasteiger charge is 1.92. The first-order valence-electron chi connectivity index (χ1n) is 6.33. The van der Waals surface area contributed by atoms with Crippen LogP contribution in [0.15, 0.2) is 0 Å². The van der Waals surface area contributed by atoms with Gasteiger partial charge < -0.3 is 0 Å². The lowest BCUT2D eigenvalue weighted by Gasteiger charge is -2.01. The molecule has 0 saturated carbocycles. The van der Waals surface area contributed by atoms with Gasteiger partial charge in [-0.25, -0.2) is 0 Å². The van der Waals surface area contributed by atoms with Gasteiger partial charge in [-0.1, -0.05) is 71.1 Å². The first-order chi connectivity index (χ1) is 6.91. The lowest BCUT2D eigenvalue weighted by molar-refractivity contribution is 0.557. The summed E-state index contributed by atoms with van der Waals surface area (Å²) in [5.41, 5.74) is 0. The maximum Gasteiger partial charge on any atom is 0.0499 e. The molecule has 0 heterocycles. The summed E-state index contributed by atoms with van der Waals surface area (Å²) >= 11 is 5.49. The molecule has 0 bridgehead atoms. The van der Waals surface area contributed by atoms with Gasteiger partial charge in [-0.2, -0.15) is 0 Å². The van der Waals surface area contributed by atoms with Crippen molar-refractivity contribution in [3.05, 3.63) is 5.88 Å². The molecule has 0 N–H and O–H groups in total. The van der Waals surface area contributed by atoms with Gasteiger partial charge in [0.25, 0.3) is 0 Å². The zero-order valence-electron chi connectivity index (χ0n) is 9.73. The Morgan fingerprint density at radius 2 is 1.14 bits per heavy atom. The molecule has 14 heavy (non-hydrogen) atoms. The van der Waals surface area contributed by atoms with Crippen LogP contribution < -0.4 is 0 Å². The summed E-state index contributed by atoms with van der Waals surface area (Å²) in [6.45, 7) is 2.27. The van der Waals surface area contributed by atoms with Crippen LogP contribution >= 0.6 is 11.6 Å². The van der Waals surface area contributed by atoms with Crippen LogP contribution in [0.4, 0.5) is 0 Å². The van der Waals surface area contributed by atoms with Crippen molar-refractivity contribution in [1.29, 1.82) is 0 Å². The molecule has 0 fully saturated rings. The van der Waals surface area contributed by atoms with E-state index < -0.39 is 0 Å². The van der Waals surface area contributed by atoms with Crippen LogP contribution in [0.3, 0.4) is 0 Å². The number of hydrogen-bond donors (Lipinski definition) is 0. The summed E-state index contributed by atoms with van der Waals surface area (Å²) in [6.07, 6.45) is 15.1. The van der Waals surface area contributed by atoms with Crippen LogP contribution in [0, 0.1) is 5.88 Å². The van der Waals surface area contributed by atoms with Crippen molar-refractivity contribution in [3.63, 3.8) is 0 Å². The minimum atomic E-state index is 1.08. The average Bonchev–Trinajstić information content (AvgIpc) is 2.21. The molecule has 0 saturated heterocycles. The molecular weight excluding hydrogens is 192 g/mol. The van der Waals surface area contributed by atoms with Gasteiger partial charge in [0.2, 0.25) is 0 Å². The third-order valence-electron chi connectivity index (χ3n) is 2.67. The van der Waals surface area contributed by atoms with E-state index in [1.165, 1.54) is 64.2 Å². The van der Waals surface area contributed by atoms with E-state index in [1.54, 1.807) is 5.88 Å². The van der Waals surface area contributed by atoms with E-state index in [0.717, 1.165) is 6.42 Å². The van der Waals surface area contributed by atoms with Crippen molar-refractivity contribution in [1.82, 2.24) is 0 Å². The van der Waals surface area contributed by atoms with Crippen LogP contribution in [0.2, 0.25) is 0 Å². The topological polar surface area (TPSA) is 0 Å². The van der Waals surface area contributed by atoms with Crippen LogP contribution in [0.1, 0.15) is 77.6 Å². The van der Waals surface area contributed by atoms with Crippen LogP contribution in [-0.4, -0.2) is 0 Å². The van der Waals surface area contributed by atoms with Gasteiger partial charge >= 0.3 is 0 Å². The van der Waals surface area contributed by atoms with Crippen molar-refractivity contribution < 1.29 is 0 Å². The molecule has 0 aromatic carbocycles. The maximum atomic E-state index is 5.49. The second kappa shape index (κ2) is 13.3. The minimum Gasteiger partial charge on any atom is -0.121 e. The van der Waals surface area contributed by atoms with E-state index in [2.05, 4.69) is 6.92 Å². The molecule has 0 aliphatic rings. The SMILES string of the molecule is CCCCCCCCCCCC[CH]Cl. The molecule has 0 aromatic rings. The Kier molecular flexibility index (Phi) is 13.6. The fourth-order valence-electron chi connectivity index (χ4n) is 1.71. The van der Waals surface area contributed by atoms with Gasteiger partial charge in [-0.05, 0) is 6.42 Å². The molecule has 0 rings (SSSR count). The van der Waals surface area contributed by atoms with Crippen LogP contribution in [0.5, 0.6) is 0 Å². The van der Waals surface area contributed by atoms with Gasteiger partial charge in [0.05, 0.1) is 0 Å². The highest BCUT2D eigenvalue weighted by molar-refractivity contribution is 6.23.